The molecule has 3 rings (SSSR count). The highest BCUT2D eigenvalue weighted by molar-refractivity contribution is 9.10. The van der Waals surface area contributed by atoms with Crippen LogP contribution in [-0.2, 0) is 16.0 Å². The van der Waals surface area contributed by atoms with Crippen molar-refractivity contribution in [3.8, 4) is 11.5 Å². The van der Waals surface area contributed by atoms with Gasteiger partial charge in [-0.15, -0.1) is 0 Å². The third-order valence-corrected chi connectivity index (χ3v) is 4.85. The lowest BCUT2D eigenvalue weighted by Crippen LogP contribution is -2.41. The van der Waals surface area contributed by atoms with Crippen molar-refractivity contribution in [3.63, 3.8) is 0 Å². The van der Waals surface area contributed by atoms with Gasteiger partial charge in [-0.2, -0.15) is 0 Å². The Balaban J connectivity index is 1.73. The summed E-state index contributed by atoms with van der Waals surface area (Å²) in [6.45, 7) is 1.25. The van der Waals surface area contributed by atoms with Gasteiger partial charge in [-0.3, -0.25) is 4.79 Å². The molecule has 9 heteroatoms. The van der Waals surface area contributed by atoms with Gasteiger partial charge >= 0.3 is 11.9 Å². The summed E-state index contributed by atoms with van der Waals surface area (Å²) < 4.78 is 5.87. The Kier molecular flexibility index (Phi) is 5.88. The number of esters is 1. The number of halogens is 1. The topological polar surface area (TPSA) is 129 Å². The largest absolute Gasteiger partial charge is 0.507 e. The van der Waals surface area contributed by atoms with Crippen molar-refractivity contribution in [2.75, 3.05) is 0 Å². The molecule has 0 fully saturated rings. The molecule has 4 N–H and O–H groups in total. The minimum atomic E-state index is -1.13. The smallest absolute Gasteiger partial charge is 0.345 e. The third-order valence-electron chi connectivity index (χ3n) is 4.22. The van der Waals surface area contributed by atoms with E-state index in [0.717, 1.165) is 0 Å². The average molecular weight is 461 g/mol. The number of hydrogen-bond acceptors (Lipinski definition) is 5. The van der Waals surface area contributed by atoms with Gasteiger partial charge in [0.2, 0.25) is 5.91 Å². The van der Waals surface area contributed by atoms with E-state index in [1.807, 2.05) is 0 Å². The monoisotopic (exact) mass is 460 g/mol. The van der Waals surface area contributed by atoms with Crippen LogP contribution in [0.3, 0.4) is 0 Å². The number of nitrogens with one attached hydrogen (secondary N) is 2. The van der Waals surface area contributed by atoms with Crippen molar-refractivity contribution in [1.82, 2.24) is 10.3 Å². The second-order valence-corrected chi connectivity index (χ2v) is 7.23. The third kappa shape index (κ3) is 4.75. The van der Waals surface area contributed by atoms with Gasteiger partial charge in [-0.1, -0.05) is 12.1 Å². The molecular weight excluding hydrogens is 444 g/mol. The molecule has 2 aromatic carbocycles. The van der Waals surface area contributed by atoms with Gasteiger partial charge in [0.25, 0.3) is 0 Å². The number of aromatic nitrogens is 1. The van der Waals surface area contributed by atoms with Crippen LogP contribution in [0.15, 0.2) is 47.1 Å². The molecule has 3 aromatic rings. The Bertz CT molecular complexity index is 1090. The van der Waals surface area contributed by atoms with E-state index in [1.54, 1.807) is 30.3 Å². The summed E-state index contributed by atoms with van der Waals surface area (Å²) in [6, 6.07) is 8.41. The zero-order valence-electron chi connectivity index (χ0n) is 15.2. The molecule has 0 saturated heterocycles. The van der Waals surface area contributed by atoms with Crippen LogP contribution in [-0.4, -0.2) is 39.1 Å². The predicted octanol–water partition coefficient (Wildman–Crippen LogP) is 2.99. The van der Waals surface area contributed by atoms with Gasteiger partial charge in [-0.05, 0) is 45.8 Å². The molecule has 1 heterocycles. The lowest BCUT2D eigenvalue weighted by atomic mass is 10.1. The molecule has 0 bridgehead atoms. The highest BCUT2D eigenvalue weighted by Crippen LogP contribution is 2.31. The van der Waals surface area contributed by atoms with Crippen LogP contribution in [0.1, 0.15) is 22.8 Å². The molecule has 1 atom stereocenters. The van der Waals surface area contributed by atoms with E-state index in [4.69, 9.17) is 4.74 Å². The minimum Gasteiger partial charge on any atom is -0.507 e. The minimum absolute atomic E-state index is 0.00246. The molecule has 150 valence electrons. The lowest BCUT2D eigenvalue weighted by Gasteiger charge is -2.13. The molecular formula is C20H17BrN2O6. The molecule has 0 spiro atoms. The van der Waals surface area contributed by atoms with E-state index in [-0.39, 0.29) is 23.5 Å². The summed E-state index contributed by atoms with van der Waals surface area (Å²) in [5, 5.41) is 21.9. The SMILES string of the molecule is CC(=O)NC(Cc1ccc(OC(=O)c2c[nH]c3cc(Br)c(O)cc23)cc1)C(=O)O. The maximum absolute atomic E-state index is 12.5. The number of rotatable bonds is 6. The number of benzene rings is 2. The summed E-state index contributed by atoms with van der Waals surface area (Å²) in [5.74, 6) is -1.89. The van der Waals surface area contributed by atoms with E-state index in [1.165, 1.54) is 19.2 Å². The molecule has 0 radical (unpaired) electrons. The molecule has 0 saturated carbocycles. The van der Waals surface area contributed by atoms with Gasteiger partial charge < -0.3 is 25.3 Å². The number of carbonyl (C=O) groups excluding carboxylic acids is 2. The molecule has 29 heavy (non-hydrogen) atoms. The molecule has 1 amide bonds. The summed E-state index contributed by atoms with van der Waals surface area (Å²) in [4.78, 5) is 37.8. The number of carbonyl (C=O) groups is 3. The van der Waals surface area contributed by atoms with Crippen molar-refractivity contribution in [2.45, 2.75) is 19.4 Å². The van der Waals surface area contributed by atoms with Gasteiger partial charge in [-0.25, -0.2) is 9.59 Å². The van der Waals surface area contributed by atoms with Crippen LogP contribution in [0.5, 0.6) is 11.5 Å². The first-order chi connectivity index (χ1) is 13.7. The number of hydrogen-bond donors (Lipinski definition) is 4. The second kappa shape index (κ2) is 8.36. The molecule has 1 aromatic heterocycles. The molecule has 0 aliphatic rings. The quantitative estimate of drug-likeness (QED) is 0.330. The maximum atomic E-state index is 12.5. The van der Waals surface area contributed by atoms with E-state index < -0.39 is 23.9 Å². The fourth-order valence-corrected chi connectivity index (χ4v) is 3.18. The zero-order valence-corrected chi connectivity index (χ0v) is 16.8. The Morgan fingerprint density at radius 2 is 1.90 bits per heavy atom. The number of phenolic OH excluding ortho intramolecular Hbond substituents is 1. The van der Waals surface area contributed by atoms with Gasteiger partial charge in [0.15, 0.2) is 0 Å². The maximum Gasteiger partial charge on any atom is 0.345 e. The Morgan fingerprint density at radius 3 is 2.52 bits per heavy atom. The van der Waals surface area contributed by atoms with Crippen LogP contribution in [0.25, 0.3) is 10.9 Å². The van der Waals surface area contributed by atoms with Crippen LogP contribution in [0.4, 0.5) is 0 Å². The number of aromatic hydroxyl groups is 1. The van der Waals surface area contributed by atoms with Gasteiger partial charge in [0, 0.05) is 30.4 Å². The normalized spacial score (nSPS) is 11.8. The van der Waals surface area contributed by atoms with Gasteiger partial charge in [0.05, 0.1) is 10.0 Å². The number of H-pyrrole nitrogens is 1. The van der Waals surface area contributed by atoms with E-state index in [9.17, 15) is 24.6 Å². The first kappa shape index (κ1) is 20.4. The number of aromatic amines is 1. The van der Waals surface area contributed by atoms with Gasteiger partial charge in [0.1, 0.15) is 17.5 Å². The average Bonchev–Trinajstić information content (AvgIpc) is 3.05. The Labute approximate surface area is 173 Å². The van der Waals surface area contributed by atoms with Crippen LogP contribution >= 0.6 is 15.9 Å². The van der Waals surface area contributed by atoms with E-state index in [2.05, 4.69) is 26.2 Å². The van der Waals surface area contributed by atoms with Crippen molar-refractivity contribution >= 4 is 44.7 Å². The molecule has 0 aliphatic heterocycles. The summed E-state index contributed by atoms with van der Waals surface area (Å²) in [6.07, 6.45) is 1.60. The fraction of sp³-hybridized carbons (Fsp3) is 0.150. The molecule has 0 aliphatic carbocycles. The number of aliphatic carboxylic acids is 1. The number of fused-ring (bicyclic) bond motifs is 1. The number of ether oxygens (including phenoxy) is 1. The molecule has 1 unspecified atom stereocenters. The second-order valence-electron chi connectivity index (χ2n) is 6.38. The lowest BCUT2D eigenvalue weighted by molar-refractivity contribution is -0.141. The Hall–Kier alpha value is -3.33. The number of amides is 1. The van der Waals surface area contributed by atoms with Crippen LogP contribution in [0, 0.1) is 0 Å². The van der Waals surface area contributed by atoms with E-state index in [0.29, 0.717) is 20.9 Å². The Morgan fingerprint density at radius 1 is 1.21 bits per heavy atom. The van der Waals surface area contributed by atoms with Crippen molar-refractivity contribution in [1.29, 1.82) is 0 Å². The molecule has 8 nitrogen and oxygen atoms in total. The number of phenols is 1. The zero-order chi connectivity index (χ0) is 21.1. The standard InChI is InChI=1S/C20H17BrN2O6/c1-10(24)23-17(19(26)27)6-11-2-4-12(5-3-11)29-20(28)14-9-22-16-8-15(21)18(25)7-13(14)16/h2-5,7-9,17,22,25H,6H2,1H3,(H,23,24)(H,26,27). The first-order valence-corrected chi connectivity index (χ1v) is 9.34. The van der Waals surface area contributed by atoms with Crippen LogP contribution < -0.4 is 10.1 Å². The summed E-state index contributed by atoms with van der Waals surface area (Å²) in [5.41, 5.74) is 1.59. The van der Waals surface area contributed by atoms with Crippen molar-refractivity contribution in [3.05, 3.63) is 58.2 Å². The fourth-order valence-electron chi connectivity index (χ4n) is 2.84. The van der Waals surface area contributed by atoms with Crippen molar-refractivity contribution in [2.24, 2.45) is 0 Å². The highest BCUT2D eigenvalue weighted by Gasteiger charge is 2.19. The summed E-state index contributed by atoms with van der Waals surface area (Å²) in [7, 11) is 0. The van der Waals surface area contributed by atoms with E-state index >= 15 is 0 Å². The first-order valence-electron chi connectivity index (χ1n) is 8.55. The summed E-state index contributed by atoms with van der Waals surface area (Å²) >= 11 is 3.22. The number of carboxylic acids is 1. The van der Waals surface area contributed by atoms with Crippen molar-refractivity contribution < 1.29 is 29.3 Å². The van der Waals surface area contributed by atoms with Crippen LogP contribution in [0.2, 0.25) is 0 Å². The highest BCUT2D eigenvalue weighted by atomic mass is 79.9. The number of carboxylic acid groups (broad SMARTS) is 1. The predicted molar refractivity (Wildman–Crippen MR) is 108 cm³/mol.